The van der Waals surface area contributed by atoms with Crippen LogP contribution < -0.4 is 9.30 Å². The van der Waals surface area contributed by atoms with Gasteiger partial charge in [-0.3, -0.25) is 14.5 Å². The summed E-state index contributed by atoms with van der Waals surface area (Å²) in [5.41, 5.74) is 3.95. The van der Waals surface area contributed by atoms with Gasteiger partial charge in [-0.05, 0) is 43.7 Å². The summed E-state index contributed by atoms with van der Waals surface area (Å²) in [6, 6.07) is 23.1. The molecule has 0 atom stereocenters. The third-order valence-electron chi connectivity index (χ3n) is 6.93. The van der Waals surface area contributed by atoms with Crippen molar-refractivity contribution in [1.82, 2.24) is 9.47 Å². The van der Waals surface area contributed by atoms with E-state index in [2.05, 4.69) is 16.1 Å². The van der Waals surface area contributed by atoms with Crippen molar-refractivity contribution in [2.75, 3.05) is 26.4 Å². The predicted molar refractivity (Wildman–Crippen MR) is 147 cm³/mol. The second-order valence-corrected chi connectivity index (χ2v) is 9.29. The Bertz CT molecular complexity index is 1430. The van der Waals surface area contributed by atoms with Crippen molar-refractivity contribution in [3.05, 3.63) is 95.3 Å². The molecule has 0 spiro atoms. The van der Waals surface area contributed by atoms with E-state index in [4.69, 9.17) is 14.2 Å². The lowest BCUT2D eigenvalue weighted by Gasteiger charge is -2.13. The van der Waals surface area contributed by atoms with Crippen LogP contribution in [0.1, 0.15) is 46.0 Å². The highest BCUT2D eigenvalue weighted by Gasteiger charge is 2.38. The normalized spacial score (nSPS) is 12.9. The third-order valence-corrected chi connectivity index (χ3v) is 6.93. The number of amides is 2. The standard InChI is InChI=1S/C31H34N3O5/c1-3-32-28-20-24(39-22-23-10-6-5-7-11-23)14-15-27(28)33(16-17-38-19-18-37-4-2)29(32)21-34-30(35)25-12-8-9-13-26(25)31(34)36/h5-15,20H,3-4,16-19,21-22H2,1-2H3/q+1. The lowest BCUT2D eigenvalue weighted by atomic mass is 10.1. The molecule has 2 heterocycles. The molecule has 5 rings (SSSR count). The second kappa shape index (κ2) is 12.2. The summed E-state index contributed by atoms with van der Waals surface area (Å²) in [4.78, 5) is 27.7. The first-order valence-electron chi connectivity index (χ1n) is 13.4. The number of hydrogen-bond donors (Lipinski definition) is 0. The monoisotopic (exact) mass is 528 g/mol. The maximum Gasteiger partial charge on any atom is 0.278 e. The highest BCUT2D eigenvalue weighted by molar-refractivity contribution is 6.21. The van der Waals surface area contributed by atoms with Crippen LogP contribution in [0.3, 0.4) is 0 Å². The first-order chi connectivity index (χ1) is 19.1. The van der Waals surface area contributed by atoms with Crippen molar-refractivity contribution < 1.29 is 28.4 Å². The van der Waals surface area contributed by atoms with Gasteiger partial charge in [-0.2, -0.15) is 0 Å². The Balaban J connectivity index is 1.46. The molecule has 0 radical (unpaired) electrons. The summed E-state index contributed by atoms with van der Waals surface area (Å²) in [6.45, 7) is 8.05. The Hall–Kier alpha value is -4.01. The molecular formula is C31H34N3O5+. The van der Waals surface area contributed by atoms with E-state index < -0.39 is 0 Å². The number of rotatable bonds is 13. The number of imidazole rings is 1. The van der Waals surface area contributed by atoms with Gasteiger partial charge < -0.3 is 14.2 Å². The average Bonchev–Trinajstić information content (AvgIpc) is 3.40. The van der Waals surface area contributed by atoms with Gasteiger partial charge in [0, 0.05) is 12.7 Å². The molecule has 0 saturated heterocycles. The minimum Gasteiger partial charge on any atom is -0.489 e. The number of benzene rings is 3. The van der Waals surface area contributed by atoms with Crippen LogP contribution in [-0.4, -0.2) is 47.7 Å². The van der Waals surface area contributed by atoms with Crippen LogP contribution in [0.15, 0.2) is 72.8 Å². The zero-order chi connectivity index (χ0) is 27.2. The van der Waals surface area contributed by atoms with Crippen LogP contribution in [0.5, 0.6) is 5.75 Å². The third kappa shape index (κ3) is 5.57. The van der Waals surface area contributed by atoms with Gasteiger partial charge in [0.05, 0.1) is 37.5 Å². The fourth-order valence-corrected chi connectivity index (χ4v) is 5.02. The summed E-state index contributed by atoms with van der Waals surface area (Å²) in [5, 5.41) is 0. The minimum atomic E-state index is -0.269. The second-order valence-electron chi connectivity index (χ2n) is 9.29. The van der Waals surface area contributed by atoms with Crippen LogP contribution in [0.4, 0.5) is 0 Å². The largest absolute Gasteiger partial charge is 0.489 e. The molecule has 4 aromatic rings. The minimum absolute atomic E-state index is 0.161. The molecule has 0 fully saturated rings. The van der Waals surface area contributed by atoms with Crippen molar-refractivity contribution in [2.45, 2.75) is 40.1 Å². The fraction of sp³-hybridized carbons (Fsp3) is 0.323. The maximum absolute atomic E-state index is 13.2. The molecule has 8 nitrogen and oxygen atoms in total. The summed E-state index contributed by atoms with van der Waals surface area (Å²) < 4.78 is 21.6. The summed E-state index contributed by atoms with van der Waals surface area (Å²) >= 11 is 0. The summed E-state index contributed by atoms with van der Waals surface area (Å²) in [7, 11) is 0. The molecule has 1 aliphatic rings. The van der Waals surface area contributed by atoms with Gasteiger partial charge >= 0.3 is 0 Å². The van der Waals surface area contributed by atoms with E-state index in [-0.39, 0.29) is 18.4 Å². The number of aryl methyl sites for hydroxylation is 1. The molecule has 0 N–H and O–H groups in total. The molecular weight excluding hydrogens is 494 g/mol. The van der Waals surface area contributed by atoms with Gasteiger partial charge in [0.2, 0.25) is 0 Å². The van der Waals surface area contributed by atoms with Crippen molar-refractivity contribution in [1.29, 1.82) is 0 Å². The van der Waals surface area contributed by atoms with Gasteiger partial charge in [0.1, 0.15) is 25.4 Å². The fourth-order valence-electron chi connectivity index (χ4n) is 5.02. The van der Waals surface area contributed by atoms with Gasteiger partial charge in [-0.1, -0.05) is 42.5 Å². The number of hydrogen-bond acceptors (Lipinski definition) is 5. The topological polar surface area (TPSA) is 73.9 Å². The van der Waals surface area contributed by atoms with Gasteiger partial charge in [0.15, 0.2) is 11.0 Å². The number of nitrogens with zero attached hydrogens (tertiary/aromatic N) is 3. The van der Waals surface area contributed by atoms with Crippen LogP contribution in [0.2, 0.25) is 0 Å². The highest BCUT2D eigenvalue weighted by atomic mass is 16.5. The predicted octanol–water partition coefficient (Wildman–Crippen LogP) is 4.38. The van der Waals surface area contributed by atoms with E-state index in [1.807, 2.05) is 55.5 Å². The molecule has 2 amide bonds. The molecule has 1 aromatic heterocycles. The van der Waals surface area contributed by atoms with Crippen molar-refractivity contribution in [2.24, 2.45) is 0 Å². The number of carbonyl (C=O) groups excluding carboxylic acids is 2. The lowest BCUT2D eigenvalue weighted by molar-refractivity contribution is -0.682. The molecule has 1 aliphatic heterocycles. The zero-order valence-corrected chi connectivity index (χ0v) is 22.5. The smallest absolute Gasteiger partial charge is 0.278 e. The van der Waals surface area contributed by atoms with Gasteiger partial charge in [-0.15, -0.1) is 0 Å². The molecule has 0 bridgehead atoms. The first kappa shape index (κ1) is 26.6. The van der Waals surface area contributed by atoms with E-state index in [9.17, 15) is 9.59 Å². The molecule has 3 aromatic carbocycles. The summed E-state index contributed by atoms with van der Waals surface area (Å²) in [5.74, 6) is 1.08. The van der Waals surface area contributed by atoms with Gasteiger partial charge in [-0.25, -0.2) is 9.13 Å². The van der Waals surface area contributed by atoms with E-state index in [0.29, 0.717) is 57.3 Å². The number of ether oxygens (including phenoxy) is 3. The van der Waals surface area contributed by atoms with E-state index in [0.717, 1.165) is 28.2 Å². The van der Waals surface area contributed by atoms with Crippen LogP contribution >= 0.6 is 0 Å². The molecule has 8 heteroatoms. The Morgan fingerprint density at radius 1 is 0.795 bits per heavy atom. The number of carbonyl (C=O) groups is 2. The average molecular weight is 529 g/mol. The molecule has 202 valence electrons. The first-order valence-corrected chi connectivity index (χ1v) is 13.4. The van der Waals surface area contributed by atoms with Crippen molar-refractivity contribution >= 4 is 22.8 Å². The summed E-state index contributed by atoms with van der Waals surface area (Å²) in [6.07, 6.45) is 0. The Morgan fingerprint density at radius 2 is 1.49 bits per heavy atom. The van der Waals surface area contributed by atoms with E-state index >= 15 is 0 Å². The molecule has 0 saturated carbocycles. The van der Waals surface area contributed by atoms with Crippen LogP contribution in [0, 0.1) is 0 Å². The molecule has 0 unspecified atom stereocenters. The number of aromatic nitrogens is 2. The van der Waals surface area contributed by atoms with Crippen LogP contribution in [-0.2, 0) is 35.7 Å². The maximum atomic E-state index is 13.2. The van der Waals surface area contributed by atoms with Crippen molar-refractivity contribution in [3.63, 3.8) is 0 Å². The zero-order valence-electron chi connectivity index (χ0n) is 22.5. The van der Waals surface area contributed by atoms with Gasteiger partial charge in [0.25, 0.3) is 17.6 Å². The Labute approximate surface area is 228 Å². The van der Waals surface area contributed by atoms with E-state index in [1.54, 1.807) is 24.3 Å². The number of fused-ring (bicyclic) bond motifs is 2. The lowest BCUT2D eigenvalue weighted by Crippen LogP contribution is -2.44. The molecule has 0 aliphatic carbocycles. The molecule has 39 heavy (non-hydrogen) atoms. The highest BCUT2D eigenvalue weighted by Crippen LogP contribution is 2.27. The van der Waals surface area contributed by atoms with E-state index in [1.165, 1.54) is 4.90 Å². The number of imide groups is 1. The Kier molecular flexibility index (Phi) is 8.34. The van der Waals surface area contributed by atoms with Crippen molar-refractivity contribution in [3.8, 4) is 5.75 Å². The Morgan fingerprint density at radius 3 is 2.18 bits per heavy atom. The quantitative estimate of drug-likeness (QED) is 0.146. The van der Waals surface area contributed by atoms with Crippen LogP contribution in [0.25, 0.3) is 11.0 Å². The SMILES string of the molecule is CCOCCOCC[n+]1c(CN2C(=O)c3ccccc3C2=O)n(CC)c2cc(OCc3ccccc3)ccc21.